The summed E-state index contributed by atoms with van der Waals surface area (Å²) in [6.45, 7) is 16.1. The average Bonchev–Trinajstić information content (AvgIpc) is 3.06. The second kappa shape index (κ2) is 18.8. The van der Waals surface area contributed by atoms with Crippen molar-refractivity contribution < 1.29 is 36.6 Å². The maximum absolute atomic E-state index is 15.0. The lowest BCUT2D eigenvalue weighted by Gasteiger charge is -2.22. The van der Waals surface area contributed by atoms with Crippen LogP contribution < -0.4 is 16.4 Å². The molecule has 0 spiro atoms. The zero-order chi connectivity index (χ0) is 38.6. The van der Waals surface area contributed by atoms with Crippen molar-refractivity contribution >= 4 is 34.3 Å². The number of pyridine rings is 2. The highest BCUT2D eigenvalue weighted by Crippen LogP contribution is 2.38. The molecule has 2 aromatic carbocycles. The highest BCUT2D eigenvalue weighted by Gasteiger charge is 2.32. The average molecular weight is 706 g/mol. The fourth-order valence-corrected chi connectivity index (χ4v) is 4.78. The van der Waals surface area contributed by atoms with Gasteiger partial charge in [-0.2, -0.15) is 0 Å². The summed E-state index contributed by atoms with van der Waals surface area (Å²) in [6, 6.07) is 7.96. The number of nitrogen functional groups attached to an aromatic ring is 1. The summed E-state index contributed by atoms with van der Waals surface area (Å²) < 4.78 is 71.1. The van der Waals surface area contributed by atoms with Crippen LogP contribution in [-0.4, -0.2) is 45.0 Å². The van der Waals surface area contributed by atoms with Gasteiger partial charge in [-0.15, -0.1) is 0 Å². The molecule has 0 aliphatic heterocycles. The van der Waals surface area contributed by atoms with Gasteiger partial charge in [-0.1, -0.05) is 59.7 Å². The summed E-state index contributed by atoms with van der Waals surface area (Å²) in [7, 11) is 0. The van der Waals surface area contributed by atoms with Gasteiger partial charge in [0.25, 0.3) is 17.8 Å². The number of carbonyl (C=O) groups is 2. The van der Waals surface area contributed by atoms with Crippen molar-refractivity contribution in [1.29, 1.82) is 0 Å². The number of nitrogens with zero attached hydrogens (tertiary/aromatic N) is 2. The number of alkyl halides is 4. The number of nitrogens with two attached hydrogens (primary N) is 1. The number of hydrogen-bond acceptors (Lipinski definition) is 6. The van der Waals surface area contributed by atoms with Crippen LogP contribution in [0.15, 0.2) is 54.7 Å². The first-order valence-corrected chi connectivity index (χ1v) is 16.5. The molecular formula is C37H48F5N5O3. The summed E-state index contributed by atoms with van der Waals surface area (Å²) in [4.78, 5) is 33.8. The number of aryl methyl sites for hydroxylation is 1. The SMILES string of the molecule is CC.CC.CC.Cc1cc(N[C@H](C)C(C)(F)F)cc(F)c1C(=O)N[C@@H](Cc1ccc(-c2nc(N)ccc2C(C)(F)F)c2ncccc12)C(=O)O. The number of halogens is 5. The van der Waals surface area contributed by atoms with Crippen LogP contribution in [-0.2, 0) is 17.1 Å². The van der Waals surface area contributed by atoms with E-state index in [-0.39, 0.29) is 45.8 Å². The van der Waals surface area contributed by atoms with Crippen LogP contribution in [0.4, 0.5) is 33.5 Å². The Labute approximate surface area is 290 Å². The van der Waals surface area contributed by atoms with Gasteiger partial charge in [-0.05, 0) is 55.3 Å². The first-order valence-electron chi connectivity index (χ1n) is 16.5. The minimum atomic E-state index is -3.25. The molecule has 0 radical (unpaired) electrons. The highest BCUT2D eigenvalue weighted by molar-refractivity contribution is 5.99. The van der Waals surface area contributed by atoms with Crippen LogP contribution in [0.25, 0.3) is 22.2 Å². The summed E-state index contributed by atoms with van der Waals surface area (Å²) in [5, 5.41) is 15.2. The van der Waals surface area contributed by atoms with Gasteiger partial charge >= 0.3 is 5.97 Å². The predicted octanol–water partition coefficient (Wildman–Crippen LogP) is 9.40. The number of nitrogens with one attached hydrogen (secondary N) is 2. The fraction of sp³-hybridized carbons (Fsp3) is 0.405. The van der Waals surface area contributed by atoms with Crippen LogP contribution in [0, 0.1) is 12.7 Å². The third kappa shape index (κ3) is 10.8. The van der Waals surface area contributed by atoms with E-state index in [4.69, 9.17) is 5.73 Å². The molecule has 0 aliphatic carbocycles. The molecule has 8 nitrogen and oxygen atoms in total. The van der Waals surface area contributed by atoms with Crippen molar-refractivity contribution in [3.05, 3.63) is 82.8 Å². The van der Waals surface area contributed by atoms with Crippen LogP contribution >= 0.6 is 0 Å². The number of hydrogen-bond donors (Lipinski definition) is 4. The molecule has 1 amide bonds. The molecule has 0 saturated carbocycles. The minimum absolute atomic E-state index is 0.0129. The van der Waals surface area contributed by atoms with Crippen LogP contribution in [0.3, 0.4) is 0 Å². The zero-order valence-electron chi connectivity index (χ0n) is 30.2. The summed E-state index contributed by atoms with van der Waals surface area (Å²) >= 11 is 0. The van der Waals surface area contributed by atoms with E-state index < -0.39 is 47.2 Å². The van der Waals surface area contributed by atoms with Crippen LogP contribution in [0.5, 0.6) is 0 Å². The Morgan fingerprint density at radius 1 is 0.960 bits per heavy atom. The van der Waals surface area contributed by atoms with E-state index in [1.54, 1.807) is 12.1 Å². The monoisotopic (exact) mass is 705 g/mol. The normalized spacial score (nSPS) is 12.1. The number of rotatable bonds is 10. The van der Waals surface area contributed by atoms with Gasteiger partial charge in [-0.3, -0.25) is 9.78 Å². The highest BCUT2D eigenvalue weighted by atomic mass is 19.3. The second-order valence-electron chi connectivity index (χ2n) is 10.7. The van der Waals surface area contributed by atoms with Gasteiger partial charge in [0, 0.05) is 48.7 Å². The molecule has 2 aromatic heterocycles. The van der Waals surface area contributed by atoms with E-state index in [9.17, 15) is 32.3 Å². The Hall–Kier alpha value is -4.81. The molecule has 0 fully saturated rings. The van der Waals surface area contributed by atoms with E-state index in [0.29, 0.717) is 17.9 Å². The molecule has 2 atom stereocenters. The predicted molar refractivity (Wildman–Crippen MR) is 190 cm³/mol. The number of aromatic nitrogens is 2. The number of aliphatic carboxylic acids is 1. The van der Waals surface area contributed by atoms with Gasteiger partial charge in [0.1, 0.15) is 17.7 Å². The van der Waals surface area contributed by atoms with E-state index in [0.717, 1.165) is 13.0 Å². The lowest BCUT2D eigenvalue weighted by molar-refractivity contribution is -0.139. The Kier molecular flexibility index (Phi) is 16.3. The fourth-order valence-electron chi connectivity index (χ4n) is 4.78. The largest absolute Gasteiger partial charge is 0.480 e. The molecule has 4 rings (SSSR count). The number of carboxylic acid groups (broad SMARTS) is 1. The number of benzene rings is 2. The van der Waals surface area contributed by atoms with E-state index in [2.05, 4.69) is 20.6 Å². The summed E-state index contributed by atoms with van der Waals surface area (Å²) in [6.07, 6.45) is 1.17. The van der Waals surface area contributed by atoms with E-state index in [1.807, 2.05) is 41.5 Å². The van der Waals surface area contributed by atoms with Crippen molar-refractivity contribution in [2.24, 2.45) is 0 Å². The summed E-state index contributed by atoms with van der Waals surface area (Å²) in [5.41, 5.74) is 5.91. The van der Waals surface area contributed by atoms with Gasteiger partial charge in [0.05, 0.1) is 22.8 Å². The Morgan fingerprint density at radius 3 is 2.12 bits per heavy atom. The lowest BCUT2D eigenvalue weighted by atomic mass is 9.94. The maximum atomic E-state index is 15.0. The zero-order valence-corrected chi connectivity index (χ0v) is 30.2. The van der Waals surface area contributed by atoms with Crippen molar-refractivity contribution in [2.45, 2.75) is 99.6 Å². The molecular weight excluding hydrogens is 657 g/mol. The Balaban J connectivity index is 0.00000197. The number of anilines is 2. The summed E-state index contributed by atoms with van der Waals surface area (Å²) in [5.74, 6) is -9.81. The number of carbonyl (C=O) groups excluding carboxylic acids is 1. The smallest absolute Gasteiger partial charge is 0.326 e. The first-order chi connectivity index (χ1) is 23.5. The third-order valence-electron chi connectivity index (χ3n) is 7.19. The first kappa shape index (κ1) is 43.2. The quantitative estimate of drug-likeness (QED) is 0.121. The van der Waals surface area contributed by atoms with E-state index >= 15 is 4.39 Å². The van der Waals surface area contributed by atoms with Gasteiger partial charge in [-0.25, -0.2) is 31.7 Å². The molecule has 0 unspecified atom stereocenters. The third-order valence-corrected chi connectivity index (χ3v) is 7.19. The Bertz CT molecular complexity index is 1720. The topological polar surface area (TPSA) is 130 Å². The molecule has 4 aromatic rings. The Morgan fingerprint density at radius 2 is 1.58 bits per heavy atom. The lowest BCUT2D eigenvalue weighted by Crippen LogP contribution is -2.43. The minimum Gasteiger partial charge on any atom is -0.480 e. The van der Waals surface area contributed by atoms with Crippen molar-refractivity contribution in [2.75, 3.05) is 11.1 Å². The van der Waals surface area contributed by atoms with Crippen LogP contribution in [0.1, 0.15) is 89.4 Å². The van der Waals surface area contributed by atoms with E-state index in [1.165, 1.54) is 50.4 Å². The molecule has 274 valence electrons. The number of fused-ring (bicyclic) bond motifs is 1. The number of carboxylic acids is 1. The van der Waals surface area contributed by atoms with Crippen molar-refractivity contribution in [1.82, 2.24) is 15.3 Å². The molecule has 13 heteroatoms. The molecule has 2 heterocycles. The molecule has 0 saturated heterocycles. The van der Waals surface area contributed by atoms with Gasteiger partial charge in [0.2, 0.25) is 0 Å². The van der Waals surface area contributed by atoms with Crippen LogP contribution in [0.2, 0.25) is 0 Å². The molecule has 0 bridgehead atoms. The molecule has 0 aliphatic rings. The maximum Gasteiger partial charge on any atom is 0.326 e. The van der Waals surface area contributed by atoms with Gasteiger partial charge in [0.15, 0.2) is 0 Å². The molecule has 5 N–H and O–H groups in total. The van der Waals surface area contributed by atoms with Gasteiger partial charge < -0.3 is 21.5 Å². The molecule has 50 heavy (non-hydrogen) atoms. The standard InChI is InChI=1S/C31H30F5N5O3.3C2H6/c1-15-12-18(39-16(2)30(3,33)34)14-22(32)25(15)28(42)40-23(29(43)44)13-17-7-8-20(26-19(17)6-5-11-38-26)27-21(31(4,35)36)9-10-24(37)41-27;3*1-2/h5-12,14,16,23,39H,13H2,1-4H3,(H2,37,41)(H,40,42)(H,43,44);3*1-2H3/t16-,23+;;;/m1.../s1. The second-order valence-corrected chi connectivity index (χ2v) is 10.7. The van der Waals surface area contributed by atoms with Crippen molar-refractivity contribution in [3.63, 3.8) is 0 Å². The van der Waals surface area contributed by atoms with Crippen molar-refractivity contribution in [3.8, 4) is 11.3 Å². The number of amides is 1.